The van der Waals surface area contributed by atoms with E-state index in [-0.39, 0.29) is 24.1 Å². The molecule has 1 aliphatic heterocycles. The molecule has 0 saturated carbocycles. The van der Waals surface area contributed by atoms with Crippen LogP contribution in [0.1, 0.15) is 12.6 Å². The first kappa shape index (κ1) is 15.3. The highest BCUT2D eigenvalue weighted by Crippen LogP contribution is 2.38. The number of H-pyrrole nitrogens is 1. The van der Waals surface area contributed by atoms with Crippen LogP contribution in [0.25, 0.3) is 11.2 Å². The maximum Gasteiger partial charge on any atom is 0.278 e. The van der Waals surface area contributed by atoms with Gasteiger partial charge in [0.1, 0.15) is 12.3 Å². The Morgan fingerprint density at radius 2 is 2.32 bits per heavy atom. The molecule has 22 heavy (non-hydrogen) atoms. The van der Waals surface area contributed by atoms with Gasteiger partial charge in [0.25, 0.3) is 5.56 Å². The van der Waals surface area contributed by atoms with Crippen LogP contribution in [-0.4, -0.2) is 59.5 Å². The average Bonchev–Trinajstić information content (AvgIpc) is 3.00. The third-order valence-electron chi connectivity index (χ3n) is 3.33. The predicted molar refractivity (Wildman–Crippen MR) is 77.1 cm³/mol. The zero-order valence-electron chi connectivity index (χ0n) is 11.4. The van der Waals surface area contributed by atoms with Gasteiger partial charge in [0.2, 0.25) is 7.57 Å². The number of aromatic amines is 1. The molecule has 10 nitrogen and oxygen atoms in total. The minimum absolute atomic E-state index is 0.175. The van der Waals surface area contributed by atoms with Crippen LogP contribution in [-0.2, 0) is 9.26 Å². The number of ether oxygens (including phenoxy) is 1. The fourth-order valence-electron chi connectivity index (χ4n) is 2.30. The van der Waals surface area contributed by atoms with Gasteiger partial charge in [-0.2, -0.15) is 0 Å². The number of aliphatic hydroxyl groups excluding tert-OH is 1. The van der Waals surface area contributed by atoms with Crippen molar-refractivity contribution < 1.29 is 24.2 Å². The molecule has 0 aromatic carbocycles. The second-order valence-electron chi connectivity index (χ2n) is 4.95. The molecule has 3 rings (SSSR count). The van der Waals surface area contributed by atoms with Crippen LogP contribution in [0.3, 0.4) is 0 Å². The topological polar surface area (TPSA) is 143 Å². The number of nitrogens with zero attached hydrogens (tertiary/aromatic N) is 3. The lowest BCUT2D eigenvalue weighted by Crippen LogP contribution is -2.25. The van der Waals surface area contributed by atoms with Crippen molar-refractivity contribution in [1.29, 1.82) is 0 Å². The lowest BCUT2D eigenvalue weighted by atomic mass is 10.2. The zero-order chi connectivity index (χ0) is 15.9. The van der Waals surface area contributed by atoms with Gasteiger partial charge < -0.3 is 29.1 Å². The Balaban J connectivity index is 1.80. The monoisotopic (exact) mass is 330 g/mol. The van der Waals surface area contributed by atoms with E-state index in [1.54, 1.807) is 0 Å². The lowest BCUT2D eigenvalue weighted by molar-refractivity contribution is -0.0400. The van der Waals surface area contributed by atoms with Gasteiger partial charge in [-0.3, -0.25) is 9.36 Å². The Labute approximate surface area is 124 Å². The molecule has 3 atom stereocenters. The molecule has 1 fully saturated rings. The van der Waals surface area contributed by atoms with Crippen molar-refractivity contribution in [2.24, 2.45) is 0 Å². The molecule has 3 heterocycles. The Morgan fingerprint density at radius 3 is 3.05 bits per heavy atom. The molecule has 120 valence electrons. The van der Waals surface area contributed by atoms with Crippen LogP contribution >= 0.6 is 7.57 Å². The standard InChI is InChI=1S/C11H15N4O6P/c1-22(18,19)20-3-7-6(16)2-8(21-7)15-5-14-9-10(15)12-4-13-11(9)17/h4-8,16,18-19H,1-3H2,(H,12,13,17)/t6-,7+,8+/m0/s1. The summed E-state index contributed by atoms with van der Waals surface area (Å²) in [5, 5.41) is 9.98. The first-order valence-corrected chi connectivity index (χ1v) is 8.22. The summed E-state index contributed by atoms with van der Waals surface area (Å²) in [6.07, 6.45) is 3.77. The number of aromatic nitrogens is 4. The van der Waals surface area contributed by atoms with E-state index in [0.717, 1.165) is 0 Å². The summed E-state index contributed by atoms with van der Waals surface area (Å²) < 4.78 is 12.0. The van der Waals surface area contributed by atoms with Gasteiger partial charge in [0.05, 0.1) is 25.4 Å². The smallest absolute Gasteiger partial charge is 0.278 e. The highest BCUT2D eigenvalue weighted by Gasteiger charge is 2.36. The molecule has 0 unspecified atom stereocenters. The van der Waals surface area contributed by atoms with E-state index in [1.807, 2.05) is 0 Å². The third kappa shape index (κ3) is 2.98. The Kier molecular flexibility index (Phi) is 3.89. The van der Waals surface area contributed by atoms with E-state index in [4.69, 9.17) is 19.0 Å². The van der Waals surface area contributed by atoms with Crippen LogP contribution in [0.5, 0.6) is 0 Å². The number of rotatable bonds is 4. The molecule has 4 N–H and O–H groups in total. The molecule has 1 aliphatic rings. The Hall–Kier alpha value is -1.55. The maximum atomic E-state index is 11.6. The summed E-state index contributed by atoms with van der Waals surface area (Å²) >= 11 is 0. The van der Waals surface area contributed by atoms with Gasteiger partial charge in [-0.05, 0) is 6.30 Å². The van der Waals surface area contributed by atoms with Crippen molar-refractivity contribution in [3.8, 4) is 0 Å². The fourth-order valence-corrected chi connectivity index (χ4v) is 2.69. The number of fused-ring (bicyclic) bond motifs is 1. The number of nitrogens with one attached hydrogen (secondary N) is 1. The molecule has 2 aromatic rings. The van der Waals surface area contributed by atoms with Gasteiger partial charge >= 0.3 is 0 Å². The molecule has 11 heteroatoms. The van der Waals surface area contributed by atoms with Crippen molar-refractivity contribution in [3.63, 3.8) is 0 Å². The normalized spacial score (nSPS) is 25.9. The SMILES string of the molecule is C=P(O)(O)OC[C@H]1O[C@@H](n2cnc3c(=O)[nH]cnc32)C[C@@H]1O. The second kappa shape index (κ2) is 5.58. The van der Waals surface area contributed by atoms with Gasteiger partial charge in [-0.1, -0.05) is 0 Å². The minimum Gasteiger partial charge on any atom is -0.390 e. The van der Waals surface area contributed by atoms with E-state index in [2.05, 4.69) is 21.3 Å². The van der Waals surface area contributed by atoms with Crippen LogP contribution in [0.2, 0.25) is 0 Å². The summed E-state index contributed by atoms with van der Waals surface area (Å²) in [6, 6.07) is 0. The largest absolute Gasteiger partial charge is 0.390 e. The van der Waals surface area contributed by atoms with Crippen molar-refractivity contribution in [3.05, 3.63) is 23.0 Å². The molecular weight excluding hydrogens is 315 g/mol. The minimum atomic E-state index is -3.64. The molecule has 0 bridgehead atoms. The number of aliphatic hydroxyl groups is 1. The van der Waals surface area contributed by atoms with Crippen molar-refractivity contribution >= 4 is 25.0 Å². The highest BCUT2D eigenvalue weighted by molar-refractivity contribution is 7.57. The number of hydrogen-bond donors (Lipinski definition) is 4. The third-order valence-corrected chi connectivity index (χ3v) is 3.89. The van der Waals surface area contributed by atoms with E-state index in [9.17, 15) is 9.90 Å². The van der Waals surface area contributed by atoms with E-state index >= 15 is 0 Å². The number of imidazole rings is 1. The average molecular weight is 330 g/mol. The Morgan fingerprint density at radius 1 is 1.55 bits per heavy atom. The molecule has 0 spiro atoms. The number of hydrogen-bond acceptors (Lipinski definition) is 8. The molecule has 0 amide bonds. The first-order valence-electron chi connectivity index (χ1n) is 6.42. The van der Waals surface area contributed by atoms with E-state index < -0.39 is 26.0 Å². The molecule has 0 aliphatic carbocycles. The summed E-state index contributed by atoms with van der Waals surface area (Å²) in [7, 11) is -3.64. The van der Waals surface area contributed by atoms with Crippen LogP contribution in [0, 0.1) is 0 Å². The predicted octanol–water partition coefficient (Wildman–Crippen LogP) is -1.04. The van der Waals surface area contributed by atoms with Gasteiger partial charge in [0.15, 0.2) is 11.2 Å². The summed E-state index contributed by atoms with van der Waals surface area (Å²) in [4.78, 5) is 40.3. The van der Waals surface area contributed by atoms with Crippen LogP contribution < -0.4 is 5.56 Å². The molecular formula is C11H15N4O6P. The fraction of sp³-hybridized carbons (Fsp3) is 0.455. The summed E-state index contributed by atoms with van der Waals surface area (Å²) in [5.41, 5.74) is 0.147. The van der Waals surface area contributed by atoms with E-state index in [1.165, 1.54) is 17.2 Å². The summed E-state index contributed by atoms with van der Waals surface area (Å²) in [5.74, 6) is 0. The van der Waals surface area contributed by atoms with Crippen molar-refractivity contribution in [2.75, 3.05) is 6.61 Å². The molecule has 0 radical (unpaired) electrons. The lowest BCUT2D eigenvalue weighted by Gasteiger charge is -2.18. The van der Waals surface area contributed by atoms with Gasteiger partial charge in [0, 0.05) is 6.42 Å². The van der Waals surface area contributed by atoms with E-state index in [0.29, 0.717) is 5.65 Å². The van der Waals surface area contributed by atoms with Crippen molar-refractivity contribution in [1.82, 2.24) is 19.5 Å². The molecule has 2 aromatic heterocycles. The Bertz CT molecular complexity index is 782. The van der Waals surface area contributed by atoms with Gasteiger partial charge in [-0.15, -0.1) is 0 Å². The maximum absolute atomic E-state index is 11.6. The second-order valence-corrected chi connectivity index (χ2v) is 6.54. The van der Waals surface area contributed by atoms with Crippen molar-refractivity contribution in [2.45, 2.75) is 24.9 Å². The van der Waals surface area contributed by atoms with Crippen LogP contribution in [0.4, 0.5) is 0 Å². The highest BCUT2D eigenvalue weighted by atomic mass is 31.2. The zero-order valence-corrected chi connectivity index (χ0v) is 12.3. The quantitative estimate of drug-likeness (QED) is 0.521. The first-order chi connectivity index (χ1) is 10.3. The van der Waals surface area contributed by atoms with Crippen LogP contribution in [0.15, 0.2) is 17.4 Å². The van der Waals surface area contributed by atoms with Gasteiger partial charge in [-0.25, -0.2) is 9.97 Å². The molecule has 1 saturated heterocycles. The summed E-state index contributed by atoms with van der Waals surface area (Å²) in [6.45, 7) is -0.206.